The number of halogens is 3. The van der Waals surface area contributed by atoms with Gasteiger partial charge in [-0.1, -0.05) is 23.2 Å². The van der Waals surface area contributed by atoms with Crippen molar-refractivity contribution in [3.8, 4) is 0 Å². The first-order chi connectivity index (χ1) is 12.9. The maximum Gasteiger partial charge on any atom is 0.226 e. The molecule has 1 aromatic heterocycles. The minimum Gasteiger partial charge on any atom is -0.370 e. The maximum atomic E-state index is 13.8. The van der Waals surface area contributed by atoms with Crippen molar-refractivity contribution in [2.24, 2.45) is 0 Å². The third-order valence-electron chi connectivity index (χ3n) is 4.05. The summed E-state index contributed by atoms with van der Waals surface area (Å²) in [5.74, 6) is -1.05. The highest BCUT2D eigenvalue weighted by atomic mass is 35.5. The minimum atomic E-state index is -0.595. The van der Waals surface area contributed by atoms with Crippen LogP contribution in [0.4, 0.5) is 9.52 Å². The lowest BCUT2D eigenvalue weighted by molar-refractivity contribution is -0.140. The SMILES string of the molecule is O=C(CCC(=O)N1CCOC(c2cc(F)c(Cl)cc2Cl)C1)Nc1nccs1. The van der Waals surface area contributed by atoms with Crippen molar-refractivity contribution >= 4 is 51.5 Å². The predicted molar refractivity (Wildman–Crippen MR) is 102 cm³/mol. The predicted octanol–water partition coefficient (Wildman–Crippen LogP) is 3.91. The van der Waals surface area contributed by atoms with Crippen LogP contribution in [-0.2, 0) is 14.3 Å². The molecule has 0 bridgehead atoms. The number of aromatic nitrogens is 1. The number of nitrogens with zero attached hydrogens (tertiary/aromatic N) is 2. The summed E-state index contributed by atoms with van der Waals surface area (Å²) in [7, 11) is 0. The van der Waals surface area contributed by atoms with Gasteiger partial charge in [0.15, 0.2) is 5.13 Å². The number of nitrogens with one attached hydrogen (secondary N) is 1. The summed E-state index contributed by atoms with van der Waals surface area (Å²) in [6.45, 7) is 0.924. The Bertz CT molecular complexity index is 835. The number of carbonyl (C=O) groups is 2. The first-order valence-electron chi connectivity index (χ1n) is 8.17. The van der Waals surface area contributed by atoms with Crippen LogP contribution in [0.3, 0.4) is 0 Å². The van der Waals surface area contributed by atoms with Gasteiger partial charge in [0.2, 0.25) is 11.8 Å². The van der Waals surface area contributed by atoms with Crippen LogP contribution in [0.1, 0.15) is 24.5 Å². The number of hydrogen-bond acceptors (Lipinski definition) is 5. The molecule has 1 fully saturated rings. The molecule has 3 rings (SSSR count). The largest absolute Gasteiger partial charge is 0.370 e. The van der Waals surface area contributed by atoms with Crippen LogP contribution in [0.15, 0.2) is 23.7 Å². The number of hydrogen-bond donors (Lipinski definition) is 1. The minimum absolute atomic E-state index is 0.0523. The van der Waals surface area contributed by atoms with E-state index in [0.717, 1.165) is 0 Å². The number of anilines is 1. The molecular formula is C17H16Cl2FN3O3S. The Balaban J connectivity index is 1.56. The summed E-state index contributed by atoms with van der Waals surface area (Å²) >= 11 is 13.2. The molecule has 1 N–H and O–H groups in total. The van der Waals surface area contributed by atoms with E-state index in [0.29, 0.717) is 23.8 Å². The van der Waals surface area contributed by atoms with Crippen LogP contribution in [0, 0.1) is 5.82 Å². The molecule has 2 amide bonds. The summed E-state index contributed by atoms with van der Waals surface area (Å²) in [5.41, 5.74) is 0.442. The average molecular weight is 432 g/mol. The summed E-state index contributed by atoms with van der Waals surface area (Å²) in [5, 5.41) is 5.09. The van der Waals surface area contributed by atoms with Gasteiger partial charge in [-0.25, -0.2) is 9.37 Å². The zero-order chi connectivity index (χ0) is 19.4. The Morgan fingerprint density at radius 3 is 2.89 bits per heavy atom. The van der Waals surface area contributed by atoms with Crippen molar-refractivity contribution in [3.05, 3.63) is 45.1 Å². The van der Waals surface area contributed by atoms with Gasteiger partial charge < -0.3 is 15.0 Å². The molecule has 1 saturated heterocycles. The first kappa shape index (κ1) is 20.0. The Labute approximate surface area is 169 Å². The van der Waals surface area contributed by atoms with Crippen molar-refractivity contribution in [2.45, 2.75) is 18.9 Å². The Kier molecular flexibility index (Phi) is 6.64. The molecule has 1 aliphatic rings. The van der Waals surface area contributed by atoms with Crippen LogP contribution >= 0.6 is 34.5 Å². The molecule has 1 atom stereocenters. The lowest BCUT2D eigenvalue weighted by Gasteiger charge is -2.33. The molecule has 0 radical (unpaired) electrons. The Morgan fingerprint density at radius 1 is 1.33 bits per heavy atom. The van der Waals surface area contributed by atoms with E-state index in [-0.39, 0.29) is 41.2 Å². The molecular weight excluding hydrogens is 416 g/mol. The smallest absolute Gasteiger partial charge is 0.226 e. The number of benzene rings is 1. The number of morpholine rings is 1. The van der Waals surface area contributed by atoms with Gasteiger partial charge in [-0.2, -0.15) is 0 Å². The molecule has 2 heterocycles. The topological polar surface area (TPSA) is 71.5 Å². The van der Waals surface area contributed by atoms with Gasteiger partial charge in [0.25, 0.3) is 0 Å². The van der Waals surface area contributed by atoms with Gasteiger partial charge in [0.1, 0.15) is 11.9 Å². The van der Waals surface area contributed by atoms with Crippen LogP contribution in [0.2, 0.25) is 10.0 Å². The van der Waals surface area contributed by atoms with E-state index in [1.54, 1.807) is 16.5 Å². The molecule has 2 aromatic rings. The van der Waals surface area contributed by atoms with Crippen molar-refractivity contribution in [3.63, 3.8) is 0 Å². The van der Waals surface area contributed by atoms with Crippen molar-refractivity contribution in [1.29, 1.82) is 0 Å². The maximum absolute atomic E-state index is 13.8. The van der Waals surface area contributed by atoms with E-state index in [4.69, 9.17) is 27.9 Å². The molecule has 0 saturated carbocycles. The van der Waals surface area contributed by atoms with E-state index < -0.39 is 11.9 Å². The van der Waals surface area contributed by atoms with Gasteiger partial charge in [0, 0.05) is 41.5 Å². The van der Waals surface area contributed by atoms with Gasteiger partial charge in [0.05, 0.1) is 18.2 Å². The van der Waals surface area contributed by atoms with Crippen molar-refractivity contribution < 1.29 is 18.7 Å². The molecule has 1 aromatic carbocycles. The highest BCUT2D eigenvalue weighted by Gasteiger charge is 2.27. The Hall–Kier alpha value is -1.74. The lowest BCUT2D eigenvalue weighted by Crippen LogP contribution is -2.42. The third kappa shape index (κ3) is 5.16. The van der Waals surface area contributed by atoms with Crippen molar-refractivity contribution in [2.75, 3.05) is 25.0 Å². The molecule has 10 heteroatoms. The fraction of sp³-hybridized carbons (Fsp3) is 0.353. The standard InChI is InChI=1S/C17H16Cl2FN3O3S/c18-11-8-12(19)13(20)7-10(11)14-9-23(4-5-26-14)16(25)2-1-15(24)22-17-21-3-6-27-17/h3,6-8,14H,1-2,4-5,9H2,(H,21,22,24). The normalized spacial score (nSPS) is 17.0. The average Bonchev–Trinajstić information content (AvgIpc) is 3.15. The highest BCUT2D eigenvalue weighted by Crippen LogP contribution is 2.32. The van der Waals surface area contributed by atoms with Crippen LogP contribution in [-0.4, -0.2) is 41.4 Å². The molecule has 6 nitrogen and oxygen atoms in total. The van der Waals surface area contributed by atoms with Gasteiger partial charge >= 0.3 is 0 Å². The first-order valence-corrected chi connectivity index (χ1v) is 9.80. The van der Waals surface area contributed by atoms with Gasteiger partial charge in [-0.05, 0) is 12.1 Å². The van der Waals surface area contributed by atoms with Crippen LogP contribution in [0.25, 0.3) is 0 Å². The second-order valence-corrected chi connectivity index (χ2v) is 7.58. The number of thiazole rings is 1. The molecule has 144 valence electrons. The van der Waals surface area contributed by atoms with Gasteiger partial charge in [-0.15, -0.1) is 11.3 Å². The number of carbonyl (C=O) groups excluding carboxylic acids is 2. The summed E-state index contributed by atoms with van der Waals surface area (Å²) in [6, 6.07) is 2.55. The lowest BCUT2D eigenvalue weighted by atomic mass is 10.1. The summed E-state index contributed by atoms with van der Waals surface area (Å²) in [4.78, 5) is 29.9. The molecule has 1 aliphatic heterocycles. The summed E-state index contributed by atoms with van der Waals surface area (Å²) in [6.07, 6.45) is 1.15. The van der Waals surface area contributed by atoms with E-state index in [1.165, 1.54) is 23.5 Å². The fourth-order valence-electron chi connectivity index (χ4n) is 2.69. The third-order valence-corrected chi connectivity index (χ3v) is 5.36. The number of rotatable bonds is 5. The number of ether oxygens (including phenoxy) is 1. The molecule has 1 unspecified atom stereocenters. The van der Waals surface area contributed by atoms with Gasteiger partial charge in [-0.3, -0.25) is 9.59 Å². The fourth-order valence-corrected chi connectivity index (χ4v) is 3.74. The monoisotopic (exact) mass is 431 g/mol. The van der Waals surface area contributed by atoms with Crippen LogP contribution < -0.4 is 5.32 Å². The molecule has 0 aliphatic carbocycles. The van der Waals surface area contributed by atoms with E-state index in [9.17, 15) is 14.0 Å². The molecule has 27 heavy (non-hydrogen) atoms. The quantitative estimate of drug-likeness (QED) is 0.728. The number of amides is 2. The van der Waals surface area contributed by atoms with Crippen molar-refractivity contribution in [1.82, 2.24) is 9.88 Å². The second-order valence-electron chi connectivity index (χ2n) is 5.87. The van der Waals surface area contributed by atoms with E-state index >= 15 is 0 Å². The van der Waals surface area contributed by atoms with E-state index in [1.807, 2.05) is 0 Å². The second kappa shape index (κ2) is 8.97. The molecule has 0 spiro atoms. The zero-order valence-electron chi connectivity index (χ0n) is 14.1. The Morgan fingerprint density at radius 2 is 2.15 bits per heavy atom. The summed E-state index contributed by atoms with van der Waals surface area (Å²) < 4.78 is 19.4. The zero-order valence-corrected chi connectivity index (χ0v) is 16.4. The van der Waals surface area contributed by atoms with E-state index in [2.05, 4.69) is 10.3 Å². The highest BCUT2D eigenvalue weighted by molar-refractivity contribution is 7.13. The van der Waals surface area contributed by atoms with Crippen LogP contribution in [0.5, 0.6) is 0 Å².